The molecule has 0 atom stereocenters. The van der Waals surface area contributed by atoms with Gasteiger partial charge in [0.1, 0.15) is 17.2 Å². The van der Waals surface area contributed by atoms with E-state index in [0.29, 0.717) is 22.8 Å². The van der Waals surface area contributed by atoms with Gasteiger partial charge in [0, 0.05) is 29.3 Å². The minimum atomic E-state index is -0.199. The molecule has 2 aliphatic carbocycles. The van der Waals surface area contributed by atoms with Gasteiger partial charge in [-0.1, -0.05) is 0 Å². The van der Waals surface area contributed by atoms with Crippen LogP contribution in [0.4, 0.5) is 5.82 Å². The third kappa shape index (κ3) is 2.75. The molecule has 3 aromatic heterocycles. The van der Waals surface area contributed by atoms with Crippen LogP contribution in [0, 0.1) is 5.92 Å². The zero-order chi connectivity index (χ0) is 17.7. The summed E-state index contributed by atoms with van der Waals surface area (Å²) in [7, 11) is 0. The summed E-state index contributed by atoms with van der Waals surface area (Å²) in [6.07, 6.45) is 7.49. The molecule has 2 aliphatic rings. The van der Waals surface area contributed by atoms with E-state index in [1.54, 1.807) is 24.5 Å². The zero-order valence-electron chi connectivity index (χ0n) is 14.0. The van der Waals surface area contributed by atoms with Crippen molar-refractivity contribution in [2.24, 2.45) is 5.92 Å². The van der Waals surface area contributed by atoms with E-state index in [0.717, 1.165) is 36.6 Å². The molecule has 132 valence electrons. The number of nitrogens with zero attached hydrogens (tertiary/aromatic N) is 1. The van der Waals surface area contributed by atoms with Crippen LogP contribution in [0.2, 0.25) is 0 Å². The summed E-state index contributed by atoms with van der Waals surface area (Å²) in [4.78, 5) is 34.6. The molecule has 5 rings (SSSR count). The molecule has 1 amide bonds. The molecule has 7 heteroatoms. The maximum Gasteiger partial charge on any atom is 0.259 e. The Hall–Kier alpha value is -3.09. The van der Waals surface area contributed by atoms with Crippen LogP contribution >= 0.6 is 0 Å². The summed E-state index contributed by atoms with van der Waals surface area (Å²) < 4.78 is 5.91. The Labute approximate surface area is 148 Å². The van der Waals surface area contributed by atoms with Crippen LogP contribution in [0.1, 0.15) is 25.7 Å². The van der Waals surface area contributed by atoms with Crippen molar-refractivity contribution in [3.63, 3.8) is 0 Å². The van der Waals surface area contributed by atoms with Crippen LogP contribution in [0.15, 0.2) is 35.4 Å². The SMILES string of the molecule is O=C(Nc1ccc2c(-c3c(OC4CC4)cc[nH]c3=O)c[nH]c2n1)C1CC1. The van der Waals surface area contributed by atoms with E-state index in [-0.39, 0.29) is 23.5 Å². The summed E-state index contributed by atoms with van der Waals surface area (Å²) in [5, 5.41) is 3.65. The fourth-order valence-electron chi connectivity index (χ4n) is 3.03. The largest absolute Gasteiger partial charge is 0.490 e. The molecule has 0 unspecified atom stereocenters. The topological polar surface area (TPSA) is 99.9 Å². The Morgan fingerprint density at radius 1 is 1.15 bits per heavy atom. The van der Waals surface area contributed by atoms with E-state index in [4.69, 9.17) is 4.74 Å². The van der Waals surface area contributed by atoms with Gasteiger partial charge < -0.3 is 20.0 Å². The van der Waals surface area contributed by atoms with Crippen LogP contribution in [0.3, 0.4) is 0 Å². The van der Waals surface area contributed by atoms with Gasteiger partial charge in [0.25, 0.3) is 5.56 Å². The van der Waals surface area contributed by atoms with E-state index in [2.05, 4.69) is 20.3 Å². The molecule has 3 aromatic rings. The number of anilines is 1. The molecule has 0 aliphatic heterocycles. The van der Waals surface area contributed by atoms with Gasteiger partial charge in [-0.05, 0) is 43.9 Å². The number of amides is 1. The first kappa shape index (κ1) is 15.2. The Morgan fingerprint density at radius 3 is 2.77 bits per heavy atom. The molecule has 0 aromatic carbocycles. The van der Waals surface area contributed by atoms with Crippen molar-refractivity contribution >= 4 is 22.8 Å². The van der Waals surface area contributed by atoms with Gasteiger partial charge in [-0.15, -0.1) is 0 Å². The van der Waals surface area contributed by atoms with Gasteiger partial charge >= 0.3 is 0 Å². The summed E-state index contributed by atoms with van der Waals surface area (Å²) in [5.41, 5.74) is 1.66. The molecule has 2 fully saturated rings. The highest BCUT2D eigenvalue weighted by atomic mass is 16.5. The Kier molecular flexibility index (Phi) is 3.34. The average Bonchev–Trinajstić information content (AvgIpc) is 3.54. The summed E-state index contributed by atoms with van der Waals surface area (Å²) in [5.74, 6) is 1.24. The lowest BCUT2D eigenvalue weighted by molar-refractivity contribution is -0.117. The summed E-state index contributed by atoms with van der Waals surface area (Å²) >= 11 is 0. The highest BCUT2D eigenvalue weighted by Gasteiger charge is 2.30. The first-order chi connectivity index (χ1) is 12.7. The number of carbonyl (C=O) groups excluding carboxylic acids is 1. The third-order valence-corrected chi connectivity index (χ3v) is 4.75. The highest BCUT2D eigenvalue weighted by Crippen LogP contribution is 2.36. The molecule has 0 spiro atoms. The minimum absolute atomic E-state index is 0.0169. The second kappa shape index (κ2) is 5.72. The number of H-pyrrole nitrogens is 2. The lowest BCUT2D eigenvalue weighted by Gasteiger charge is -2.09. The fourth-order valence-corrected chi connectivity index (χ4v) is 3.03. The predicted octanol–water partition coefficient (Wildman–Crippen LogP) is 2.81. The van der Waals surface area contributed by atoms with Gasteiger partial charge in [-0.2, -0.15) is 0 Å². The number of fused-ring (bicyclic) bond motifs is 1. The Morgan fingerprint density at radius 2 is 2.00 bits per heavy atom. The lowest BCUT2D eigenvalue weighted by atomic mass is 10.1. The van der Waals surface area contributed by atoms with E-state index in [1.165, 1.54) is 0 Å². The van der Waals surface area contributed by atoms with Gasteiger partial charge in [0.2, 0.25) is 5.91 Å². The number of hydrogen-bond acceptors (Lipinski definition) is 4. The maximum absolute atomic E-state index is 12.5. The third-order valence-electron chi connectivity index (χ3n) is 4.75. The number of aromatic amines is 2. The molecule has 0 radical (unpaired) electrons. The molecule has 3 heterocycles. The first-order valence-corrected chi connectivity index (χ1v) is 8.87. The van der Waals surface area contributed by atoms with Gasteiger partial charge in [0.15, 0.2) is 0 Å². The summed E-state index contributed by atoms with van der Waals surface area (Å²) in [6, 6.07) is 5.41. The number of carbonyl (C=O) groups is 1. The number of hydrogen-bond donors (Lipinski definition) is 3. The molecule has 26 heavy (non-hydrogen) atoms. The number of nitrogens with one attached hydrogen (secondary N) is 3. The molecule has 2 saturated carbocycles. The van der Waals surface area contributed by atoms with Crippen LogP contribution in [-0.2, 0) is 4.79 Å². The second-order valence-electron chi connectivity index (χ2n) is 6.92. The van der Waals surface area contributed by atoms with Gasteiger partial charge in [-0.25, -0.2) is 4.98 Å². The van der Waals surface area contributed by atoms with Crippen molar-refractivity contribution in [2.45, 2.75) is 31.8 Å². The molecule has 7 nitrogen and oxygen atoms in total. The van der Waals surface area contributed by atoms with Crippen molar-refractivity contribution in [3.8, 4) is 16.9 Å². The number of ether oxygens (including phenoxy) is 1. The molecular formula is C19H18N4O3. The van der Waals surface area contributed by atoms with Crippen molar-refractivity contribution < 1.29 is 9.53 Å². The predicted molar refractivity (Wildman–Crippen MR) is 97.2 cm³/mol. The van der Waals surface area contributed by atoms with Crippen LogP contribution in [-0.4, -0.2) is 27.0 Å². The zero-order valence-corrected chi connectivity index (χ0v) is 14.0. The maximum atomic E-state index is 12.5. The smallest absolute Gasteiger partial charge is 0.259 e. The standard InChI is InChI=1S/C19H18N4O3/c24-18(10-1-2-10)23-15-6-5-12-13(9-21-17(12)22-15)16-14(26-11-3-4-11)7-8-20-19(16)25/h5-11H,1-4H2,(H,20,25)(H2,21,22,23,24). The highest BCUT2D eigenvalue weighted by molar-refractivity contribution is 5.98. The van der Waals surface area contributed by atoms with Crippen molar-refractivity contribution in [2.75, 3.05) is 5.32 Å². The van der Waals surface area contributed by atoms with E-state index in [1.807, 2.05) is 6.07 Å². The first-order valence-electron chi connectivity index (χ1n) is 8.87. The van der Waals surface area contributed by atoms with Crippen LogP contribution in [0.25, 0.3) is 22.2 Å². The van der Waals surface area contributed by atoms with Crippen molar-refractivity contribution in [1.82, 2.24) is 15.0 Å². The van der Waals surface area contributed by atoms with Crippen LogP contribution in [0.5, 0.6) is 5.75 Å². The quantitative estimate of drug-likeness (QED) is 0.659. The Bertz CT molecular complexity index is 1060. The van der Waals surface area contributed by atoms with E-state index >= 15 is 0 Å². The number of aromatic nitrogens is 3. The minimum Gasteiger partial charge on any atom is -0.490 e. The van der Waals surface area contributed by atoms with Crippen molar-refractivity contribution in [1.29, 1.82) is 0 Å². The van der Waals surface area contributed by atoms with E-state index < -0.39 is 0 Å². The molecular weight excluding hydrogens is 332 g/mol. The lowest BCUT2D eigenvalue weighted by Crippen LogP contribution is -2.14. The average molecular weight is 350 g/mol. The summed E-state index contributed by atoms with van der Waals surface area (Å²) in [6.45, 7) is 0. The monoisotopic (exact) mass is 350 g/mol. The van der Waals surface area contributed by atoms with Gasteiger partial charge in [-0.3, -0.25) is 9.59 Å². The second-order valence-corrected chi connectivity index (χ2v) is 6.92. The molecule has 0 bridgehead atoms. The fraction of sp³-hybridized carbons (Fsp3) is 0.316. The molecule has 0 saturated heterocycles. The van der Waals surface area contributed by atoms with Crippen molar-refractivity contribution in [3.05, 3.63) is 40.9 Å². The normalized spacial score (nSPS) is 16.6. The van der Waals surface area contributed by atoms with Crippen LogP contribution < -0.4 is 15.6 Å². The van der Waals surface area contributed by atoms with E-state index in [9.17, 15) is 9.59 Å². The number of pyridine rings is 2. The van der Waals surface area contributed by atoms with Gasteiger partial charge in [0.05, 0.1) is 11.7 Å². The number of rotatable bonds is 5. The molecule has 3 N–H and O–H groups in total. The Balaban J connectivity index is 1.53.